The van der Waals surface area contributed by atoms with Crippen LogP contribution < -0.4 is 17.1 Å². The maximum atomic E-state index is 12.1. The minimum absolute atomic E-state index is 0.0852. The monoisotopic (exact) mass is 239 g/mol. The summed E-state index contributed by atoms with van der Waals surface area (Å²) in [6.45, 7) is 8.78. The Bertz CT molecular complexity index is 611. The second-order valence-corrected chi connectivity index (χ2v) is 4.81. The minimum atomic E-state index is -0.678. The van der Waals surface area contributed by atoms with Crippen molar-refractivity contribution in [2.45, 2.75) is 32.9 Å². The molecule has 1 aromatic rings. The summed E-state index contributed by atoms with van der Waals surface area (Å²) in [4.78, 5) is 35.7. The smallest absolute Gasteiger partial charge is 0.248 e. The Morgan fingerprint density at radius 3 is 2.06 bits per heavy atom. The van der Waals surface area contributed by atoms with Crippen molar-refractivity contribution in [2.75, 3.05) is 0 Å². The molecule has 6 heteroatoms. The first kappa shape index (κ1) is 13.2. The zero-order valence-corrected chi connectivity index (χ0v) is 10.6. The van der Waals surface area contributed by atoms with Crippen LogP contribution in [-0.2, 0) is 19.1 Å². The van der Waals surface area contributed by atoms with Gasteiger partial charge in [0.05, 0.1) is 6.54 Å². The van der Waals surface area contributed by atoms with Crippen molar-refractivity contribution in [1.29, 1.82) is 0 Å². The van der Waals surface area contributed by atoms with E-state index in [-0.39, 0.29) is 6.54 Å². The number of allylic oxidation sites excluding steroid dienone is 1. The molecule has 0 fully saturated rings. The molecule has 6 nitrogen and oxygen atoms in total. The van der Waals surface area contributed by atoms with Crippen molar-refractivity contribution in [3.8, 4) is 0 Å². The fourth-order valence-corrected chi connectivity index (χ4v) is 1.56. The summed E-state index contributed by atoms with van der Waals surface area (Å²) in [6.07, 6.45) is 1.44. The molecule has 0 saturated heterocycles. The van der Waals surface area contributed by atoms with E-state index in [1.54, 1.807) is 20.8 Å². The molecule has 0 N–H and O–H groups in total. The summed E-state index contributed by atoms with van der Waals surface area (Å²) in [5.41, 5.74) is -2.51. The van der Waals surface area contributed by atoms with E-state index in [0.29, 0.717) is 0 Å². The summed E-state index contributed by atoms with van der Waals surface area (Å²) in [5, 5.41) is 0. The van der Waals surface area contributed by atoms with Crippen LogP contribution in [0.25, 0.3) is 0 Å². The first-order chi connectivity index (χ1) is 7.71. The Morgan fingerprint density at radius 1 is 1.12 bits per heavy atom. The first-order valence-electron chi connectivity index (χ1n) is 5.26. The van der Waals surface area contributed by atoms with Crippen molar-refractivity contribution >= 4 is 0 Å². The molecular weight excluding hydrogens is 222 g/mol. The molecule has 94 valence electrons. The van der Waals surface area contributed by atoms with E-state index in [2.05, 4.69) is 6.58 Å². The molecule has 0 spiro atoms. The highest BCUT2D eigenvalue weighted by Crippen LogP contribution is 2.06. The van der Waals surface area contributed by atoms with Gasteiger partial charge in [0.2, 0.25) is 0 Å². The summed E-state index contributed by atoms with van der Waals surface area (Å²) < 4.78 is 2.98. The van der Waals surface area contributed by atoms with Gasteiger partial charge in [-0.15, -0.1) is 6.58 Å². The van der Waals surface area contributed by atoms with E-state index in [1.165, 1.54) is 13.1 Å². The molecule has 0 bridgehead atoms. The lowest BCUT2D eigenvalue weighted by molar-refractivity contribution is 0.330. The number of rotatable bonds is 2. The van der Waals surface area contributed by atoms with Gasteiger partial charge in [0, 0.05) is 12.6 Å². The Morgan fingerprint density at radius 2 is 1.65 bits per heavy atom. The fraction of sp³-hybridized carbons (Fsp3) is 0.545. The van der Waals surface area contributed by atoms with Gasteiger partial charge in [-0.05, 0) is 20.8 Å². The fourth-order valence-electron chi connectivity index (χ4n) is 1.56. The van der Waals surface area contributed by atoms with Gasteiger partial charge < -0.3 is 0 Å². The molecule has 0 saturated carbocycles. The highest BCUT2D eigenvalue weighted by atomic mass is 16.2. The molecule has 0 aromatic carbocycles. The second-order valence-electron chi connectivity index (χ2n) is 4.81. The molecule has 1 heterocycles. The average Bonchev–Trinajstić information content (AvgIpc) is 2.19. The van der Waals surface area contributed by atoms with Crippen LogP contribution in [0.1, 0.15) is 20.8 Å². The standard InChI is InChI=1S/C11H17N3O3/c1-6-7-13-8(15)12(5)9(16)14(10(13)17)11(2,3)4/h6H,1,7H2,2-5H3. The van der Waals surface area contributed by atoms with E-state index in [0.717, 1.165) is 13.7 Å². The summed E-state index contributed by atoms with van der Waals surface area (Å²) >= 11 is 0. The van der Waals surface area contributed by atoms with Crippen molar-refractivity contribution < 1.29 is 0 Å². The summed E-state index contributed by atoms with van der Waals surface area (Å²) in [5.74, 6) is 0. The Kier molecular flexibility index (Phi) is 3.26. The lowest BCUT2D eigenvalue weighted by Crippen LogP contribution is -2.57. The predicted octanol–water partition coefficient (Wildman–Crippen LogP) is -0.350. The topological polar surface area (TPSA) is 66.0 Å². The van der Waals surface area contributed by atoms with E-state index in [4.69, 9.17) is 0 Å². The van der Waals surface area contributed by atoms with Gasteiger partial charge in [0.1, 0.15) is 0 Å². The van der Waals surface area contributed by atoms with Crippen molar-refractivity contribution in [3.63, 3.8) is 0 Å². The lowest BCUT2D eigenvalue weighted by atomic mass is 10.1. The molecule has 0 aliphatic carbocycles. The van der Waals surface area contributed by atoms with Crippen molar-refractivity contribution in [3.05, 3.63) is 44.1 Å². The van der Waals surface area contributed by atoms with Crippen LogP contribution in [0, 0.1) is 0 Å². The highest BCUT2D eigenvalue weighted by Gasteiger charge is 2.22. The Labute approximate surface area is 98.4 Å². The molecule has 0 aliphatic rings. The van der Waals surface area contributed by atoms with Gasteiger partial charge in [0.25, 0.3) is 0 Å². The van der Waals surface area contributed by atoms with Gasteiger partial charge in [-0.3, -0.25) is 0 Å². The molecular formula is C11H17N3O3. The Balaban J connectivity index is 3.88. The molecule has 0 amide bonds. The third-order valence-electron chi connectivity index (χ3n) is 2.40. The van der Waals surface area contributed by atoms with E-state index in [9.17, 15) is 14.4 Å². The van der Waals surface area contributed by atoms with E-state index >= 15 is 0 Å². The number of aromatic nitrogens is 3. The maximum absolute atomic E-state index is 12.1. The quantitative estimate of drug-likeness (QED) is 0.662. The van der Waals surface area contributed by atoms with E-state index < -0.39 is 22.6 Å². The molecule has 1 aromatic heterocycles. The highest BCUT2D eigenvalue weighted by molar-refractivity contribution is 4.86. The van der Waals surface area contributed by atoms with Gasteiger partial charge >= 0.3 is 17.1 Å². The average molecular weight is 239 g/mol. The van der Waals surface area contributed by atoms with Gasteiger partial charge in [-0.25, -0.2) is 28.1 Å². The minimum Gasteiger partial charge on any atom is -0.248 e. The van der Waals surface area contributed by atoms with Crippen LogP contribution in [0.3, 0.4) is 0 Å². The zero-order chi connectivity index (χ0) is 13.4. The van der Waals surface area contributed by atoms with Crippen LogP contribution >= 0.6 is 0 Å². The largest absolute Gasteiger partial charge is 0.337 e. The number of nitrogens with zero attached hydrogens (tertiary/aromatic N) is 3. The first-order valence-corrected chi connectivity index (χ1v) is 5.26. The number of hydrogen-bond donors (Lipinski definition) is 0. The normalized spacial score (nSPS) is 11.5. The van der Waals surface area contributed by atoms with Crippen LogP contribution in [-0.4, -0.2) is 13.7 Å². The van der Waals surface area contributed by atoms with Gasteiger partial charge in [-0.2, -0.15) is 0 Å². The third kappa shape index (κ3) is 2.15. The number of hydrogen-bond acceptors (Lipinski definition) is 3. The molecule has 0 unspecified atom stereocenters. The van der Waals surface area contributed by atoms with Crippen LogP contribution in [0.2, 0.25) is 0 Å². The van der Waals surface area contributed by atoms with Gasteiger partial charge in [-0.1, -0.05) is 6.08 Å². The molecule has 0 aliphatic heterocycles. The molecule has 0 radical (unpaired) electrons. The zero-order valence-electron chi connectivity index (χ0n) is 10.6. The lowest BCUT2D eigenvalue weighted by Gasteiger charge is -2.22. The predicted molar refractivity (Wildman–Crippen MR) is 65.4 cm³/mol. The molecule has 1 rings (SSSR count). The maximum Gasteiger partial charge on any atom is 0.337 e. The van der Waals surface area contributed by atoms with Crippen LogP contribution in [0.4, 0.5) is 0 Å². The summed E-state index contributed by atoms with van der Waals surface area (Å²) in [6, 6.07) is 0. The molecule has 17 heavy (non-hydrogen) atoms. The van der Waals surface area contributed by atoms with Gasteiger partial charge in [0.15, 0.2) is 0 Å². The van der Waals surface area contributed by atoms with Crippen LogP contribution in [0.15, 0.2) is 27.0 Å². The summed E-state index contributed by atoms with van der Waals surface area (Å²) in [7, 11) is 1.35. The Hall–Kier alpha value is -1.85. The third-order valence-corrected chi connectivity index (χ3v) is 2.40. The SMILES string of the molecule is C=CCn1c(=O)n(C)c(=O)n(C(C)(C)C)c1=O. The van der Waals surface area contributed by atoms with Crippen molar-refractivity contribution in [2.24, 2.45) is 7.05 Å². The molecule has 0 atom stereocenters. The second kappa shape index (κ2) is 4.20. The van der Waals surface area contributed by atoms with E-state index in [1.807, 2.05) is 0 Å². The van der Waals surface area contributed by atoms with Crippen LogP contribution in [0.5, 0.6) is 0 Å². The van der Waals surface area contributed by atoms with Crippen molar-refractivity contribution in [1.82, 2.24) is 13.7 Å².